The SMILES string of the molecule is COc1ccccc1CNc1nncc(NC(C)C)n1. The van der Waals surface area contributed by atoms with E-state index in [0.29, 0.717) is 24.4 Å². The van der Waals surface area contributed by atoms with Gasteiger partial charge in [-0.2, -0.15) is 10.1 Å². The standard InChI is InChI=1S/C14H19N5O/c1-10(2)17-13-9-16-19-14(18-13)15-8-11-6-4-5-7-12(11)20-3/h4-7,9-10H,8H2,1-3H3,(H2,15,17,18,19). The zero-order valence-corrected chi connectivity index (χ0v) is 11.9. The van der Waals surface area contributed by atoms with Crippen molar-refractivity contribution in [3.05, 3.63) is 36.0 Å². The molecule has 20 heavy (non-hydrogen) atoms. The predicted octanol–water partition coefficient (Wildman–Crippen LogP) is 2.31. The topological polar surface area (TPSA) is 72.0 Å². The van der Waals surface area contributed by atoms with Crippen LogP contribution in [0.5, 0.6) is 5.75 Å². The Morgan fingerprint density at radius 2 is 2.05 bits per heavy atom. The van der Waals surface area contributed by atoms with E-state index >= 15 is 0 Å². The van der Waals surface area contributed by atoms with Crippen molar-refractivity contribution in [2.75, 3.05) is 17.7 Å². The molecule has 0 bridgehead atoms. The largest absolute Gasteiger partial charge is 0.496 e. The number of rotatable bonds is 6. The molecule has 0 aliphatic heterocycles. The van der Waals surface area contributed by atoms with Gasteiger partial charge in [0.2, 0.25) is 5.95 Å². The first-order valence-corrected chi connectivity index (χ1v) is 6.51. The smallest absolute Gasteiger partial charge is 0.244 e. The normalized spacial score (nSPS) is 10.4. The summed E-state index contributed by atoms with van der Waals surface area (Å²) in [5.41, 5.74) is 1.04. The molecule has 2 N–H and O–H groups in total. The van der Waals surface area contributed by atoms with E-state index < -0.39 is 0 Å². The van der Waals surface area contributed by atoms with Crippen LogP contribution in [0.15, 0.2) is 30.5 Å². The molecule has 0 saturated carbocycles. The maximum Gasteiger partial charge on any atom is 0.244 e. The Balaban J connectivity index is 2.03. The maximum absolute atomic E-state index is 5.30. The summed E-state index contributed by atoms with van der Waals surface area (Å²) >= 11 is 0. The number of methoxy groups -OCH3 is 1. The highest BCUT2D eigenvalue weighted by Crippen LogP contribution is 2.18. The molecule has 106 valence electrons. The molecule has 0 atom stereocenters. The van der Waals surface area contributed by atoms with Crippen molar-refractivity contribution < 1.29 is 4.74 Å². The Morgan fingerprint density at radius 1 is 1.25 bits per heavy atom. The van der Waals surface area contributed by atoms with E-state index in [1.54, 1.807) is 13.3 Å². The third-order valence-corrected chi connectivity index (χ3v) is 2.62. The number of hydrogen-bond donors (Lipinski definition) is 2. The molecule has 0 spiro atoms. The first kappa shape index (κ1) is 14.0. The molecule has 0 radical (unpaired) electrons. The van der Waals surface area contributed by atoms with Crippen LogP contribution >= 0.6 is 0 Å². The lowest BCUT2D eigenvalue weighted by Gasteiger charge is -2.11. The van der Waals surface area contributed by atoms with Gasteiger partial charge in [-0.3, -0.25) is 0 Å². The van der Waals surface area contributed by atoms with Gasteiger partial charge in [0.1, 0.15) is 5.75 Å². The fraction of sp³-hybridized carbons (Fsp3) is 0.357. The van der Waals surface area contributed by atoms with E-state index in [1.807, 2.05) is 38.1 Å². The molecule has 0 fully saturated rings. The Hall–Kier alpha value is -2.37. The number of nitrogens with one attached hydrogen (secondary N) is 2. The van der Waals surface area contributed by atoms with Gasteiger partial charge in [0, 0.05) is 18.2 Å². The number of para-hydroxylation sites is 1. The highest BCUT2D eigenvalue weighted by molar-refractivity contribution is 5.40. The molecule has 0 aliphatic carbocycles. The summed E-state index contributed by atoms with van der Waals surface area (Å²) in [6.45, 7) is 4.67. The van der Waals surface area contributed by atoms with Crippen LogP contribution in [-0.2, 0) is 6.54 Å². The highest BCUT2D eigenvalue weighted by atomic mass is 16.5. The summed E-state index contributed by atoms with van der Waals surface area (Å²) in [5, 5.41) is 14.2. The van der Waals surface area contributed by atoms with Gasteiger partial charge in [-0.05, 0) is 19.9 Å². The number of nitrogens with zero attached hydrogens (tertiary/aromatic N) is 3. The summed E-state index contributed by atoms with van der Waals surface area (Å²) in [4.78, 5) is 4.35. The van der Waals surface area contributed by atoms with Gasteiger partial charge >= 0.3 is 0 Å². The van der Waals surface area contributed by atoms with Crippen molar-refractivity contribution in [3.8, 4) is 5.75 Å². The van der Waals surface area contributed by atoms with Crippen molar-refractivity contribution in [1.82, 2.24) is 15.2 Å². The Labute approximate surface area is 118 Å². The second-order valence-corrected chi connectivity index (χ2v) is 4.63. The zero-order valence-electron chi connectivity index (χ0n) is 11.9. The van der Waals surface area contributed by atoms with E-state index in [4.69, 9.17) is 4.74 Å². The van der Waals surface area contributed by atoms with Crippen LogP contribution in [0.4, 0.5) is 11.8 Å². The van der Waals surface area contributed by atoms with E-state index in [-0.39, 0.29) is 0 Å². The van der Waals surface area contributed by atoms with Gasteiger partial charge in [0.15, 0.2) is 5.82 Å². The third-order valence-electron chi connectivity index (χ3n) is 2.62. The molecule has 0 aliphatic rings. The van der Waals surface area contributed by atoms with Crippen LogP contribution in [0.1, 0.15) is 19.4 Å². The van der Waals surface area contributed by atoms with Crippen molar-refractivity contribution >= 4 is 11.8 Å². The number of benzene rings is 1. The summed E-state index contributed by atoms with van der Waals surface area (Å²) in [6, 6.07) is 8.12. The minimum absolute atomic E-state index is 0.300. The van der Waals surface area contributed by atoms with Gasteiger partial charge < -0.3 is 15.4 Å². The third kappa shape index (κ3) is 3.81. The van der Waals surface area contributed by atoms with E-state index in [9.17, 15) is 0 Å². The lowest BCUT2D eigenvalue weighted by atomic mass is 10.2. The van der Waals surface area contributed by atoms with Crippen LogP contribution in [-0.4, -0.2) is 28.3 Å². The minimum Gasteiger partial charge on any atom is -0.496 e. The van der Waals surface area contributed by atoms with Gasteiger partial charge in [0.25, 0.3) is 0 Å². The van der Waals surface area contributed by atoms with Gasteiger partial charge in [0.05, 0.1) is 13.3 Å². The van der Waals surface area contributed by atoms with E-state index in [2.05, 4.69) is 25.8 Å². The summed E-state index contributed by atoms with van der Waals surface area (Å²) in [7, 11) is 1.66. The van der Waals surface area contributed by atoms with E-state index in [0.717, 1.165) is 11.3 Å². The molecule has 0 saturated heterocycles. The first-order valence-electron chi connectivity index (χ1n) is 6.51. The quantitative estimate of drug-likeness (QED) is 0.841. The molecule has 2 aromatic rings. The molecule has 6 heteroatoms. The van der Waals surface area contributed by atoms with Crippen molar-refractivity contribution in [1.29, 1.82) is 0 Å². The average Bonchev–Trinajstić information content (AvgIpc) is 2.45. The highest BCUT2D eigenvalue weighted by Gasteiger charge is 2.04. The summed E-state index contributed by atoms with van der Waals surface area (Å²) < 4.78 is 5.30. The average molecular weight is 273 g/mol. The minimum atomic E-state index is 0.300. The van der Waals surface area contributed by atoms with E-state index in [1.165, 1.54) is 0 Å². The predicted molar refractivity (Wildman–Crippen MR) is 78.9 cm³/mol. The second-order valence-electron chi connectivity index (χ2n) is 4.63. The number of aromatic nitrogens is 3. The maximum atomic E-state index is 5.30. The molecule has 1 heterocycles. The monoisotopic (exact) mass is 273 g/mol. The van der Waals surface area contributed by atoms with Gasteiger partial charge in [-0.15, -0.1) is 5.10 Å². The lowest BCUT2D eigenvalue weighted by Crippen LogP contribution is -2.13. The fourth-order valence-corrected chi connectivity index (χ4v) is 1.77. The molecule has 6 nitrogen and oxygen atoms in total. The second kappa shape index (κ2) is 6.70. The molecule has 0 unspecified atom stereocenters. The molecular weight excluding hydrogens is 254 g/mol. The van der Waals surface area contributed by atoms with Gasteiger partial charge in [-0.25, -0.2) is 0 Å². The molecule has 0 amide bonds. The van der Waals surface area contributed by atoms with Crippen LogP contribution in [0.25, 0.3) is 0 Å². The Bertz CT molecular complexity index is 559. The Morgan fingerprint density at radius 3 is 2.80 bits per heavy atom. The summed E-state index contributed by atoms with van der Waals surface area (Å²) in [6.07, 6.45) is 1.61. The van der Waals surface area contributed by atoms with Crippen molar-refractivity contribution in [3.63, 3.8) is 0 Å². The fourth-order valence-electron chi connectivity index (χ4n) is 1.77. The zero-order chi connectivity index (χ0) is 14.4. The van der Waals surface area contributed by atoms with Crippen LogP contribution in [0.3, 0.4) is 0 Å². The first-order chi connectivity index (χ1) is 9.69. The summed E-state index contributed by atoms with van der Waals surface area (Å²) in [5.74, 6) is 2.03. The number of ether oxygens (including phenoxy) is 1. The number of anilines is 2. The van der Waals surface area contributed by atoms with Crippen molar-refractivity contribution in [2.45, 2.75) is 26.4 Å². The van der Waals surface area contributed by atoms with Crippen LogP contribution in [0, 0.1) is 0 Å². The Kier molecular flexibility index (Phi) is 4.70. The molecule has 2 rings (SSSR count). The van der Waals surface area contributed by atoms with Crippen LogP contribution in [0.2, 0.25) is 0 Å². The number of hydrogen-bond acceptors (Lipinski definition) is 6. The molecule has 1 aromatic carbocycles. The van der Waals surface area contributed by atoms with Gasteiger partial charge in [-0.1, -0.05) is 18.2 Å². The molecule has 1 aromatic heterocycles. The van der Waals surface area contributed by atoms with Crippen LogP contribution < -0.4 is 15.4 Å². The van der Waals surface area contributed by atoms with Crippen molar-refractivity contribution in [2.24, 2.45) is 0 Å². The lowest BCUT2D eigenvalue weighted by molar-refractivity contribution is 0.410. The molecular formula is C14H19N5O.